The van der Waals surface area contributed by atoms with Crippen LogP contribution in [-0.4, -0.2) is 9.97 Å². The lowest BCUT2D eigenvalue weighted by atomic mass is 10.3. The first-order chi connectivity index (χ1) is 9.92. The van der Waals surface area contributed by atoms with Gasteiger partial charge >= 0.3 is 0 Å². The number of thiazole rings is 2. The second kappa shape index (κ2) is 5.37. The van der Waals surface area contributed by atoms with Crippen LogP contribution in [0.25, 0.3) is 20.4 Å². The summed E-state index contributed by atoms with van der Waals surface area (Å²) in [5.74, 6) is 0. The molecule has 0 aliphatic heterocycles. The van der Waals surface area contributed by atoms with E-state index in [0.717, 1.165) is 11.0 Å². The lowest BCUT2D eigenvalue weighted by Crippen LogP contribution is -1.62. The third-order valence-electron chi connectivity index (χ3n) is 2.91. The molecule has 2 unspecified atom stereocenters. The fraction of sp³-hybridized carbons (Fsp3) is 0. The molecule has 2 atom stereocenters. The van der Waals surface area contributed by atoms with Crippen molar-refractivity contribution in [3.8, 4) is 0 Å². The zero-order valence-corrected chi connectivity index (χ0v) is 13.6. The fourth-order valence-electron chi connectivity index (χ4n) is 1.96. The predicted octanol–water partition coefficient (Wildman–Crippen LogP) is 5.89. The molecule has 20 heavy (non-hydrogen) atoms. The minimum Gasteiger partial charge on any atom is -0.199 e. The Morgan fingerprint density at radius 3 is 1.60 bits per heavy atom. The van der Waals surface area contributed by atoms with Gasteiger partial charge in [0.25, 0.3) is 19.7 Å². The Labute approximate surface area is 128 Å². The average Bonchev–Trinajstić information content (AvgIpc) is 3.09. The van der Waals surface area contributed by atoms with Gasteiger partial charge in [-0.3, -0.25) is 0 Å². The summed E-state index contributed by atoms with van der Waals surface area (Å²) in [5, 5.41) is 0. The molecule has 2 aromatic heterocycles. The summed E-state index contributed by atoms with van der Waals surface area (Å²) in [7, 11) is 3.92. The van der Waals surface area contributed by atoms with Gasteiger partial charge in [0.15, 0.2) is 0 Å². The van der Waals surface area contributed by atoms with Crippen LogP contribution < -0.4 is 0 Å². The van der Waals surface area contributed by atoms with Crippen LogP contribution in [0.3, 0.4) is 0 Å². The van der Waals surface area contributed by atoms with Crippen molar-refractivity contribution in [3.63, 3.8) is 0 Å². The van der Waals surface area contributed by atoms with E-state index in [9.17, 15) is 0 Å². The first kappa shape index (κ1) is 12.6. The first-order valence-corrected chi connectivity index (χ1v) is 11.8. The number of para-hydroxylation sites is 2. The average molecular weight is 335 g/mol. The third kappa shape index (κ3) is 2.22. The van der Waals surface area contributed by atoms with Crippen molar-refractivity contribution in [1.29, 1.82) is 0 Å². The normalized spacial score (nSPS) is 13.2. The van der Waals surface area contributed by atoms with E-state index in [4.69, 9.17) is 0 Å². The smallest absolute Gasteiger partial charge is 0.199 e. The Morgan fingerprint density at radius 2 is 1.10 bits per heavy atom. The molecule has 0 fully saturated rings. The molecule has 0 aliphatic carbocycles. The second-order valence-corrected chi connectivity index (χ2v) is 12.3. The van der Waals surface area contributed by atoms with E-state index in [1.807, 2.05) is 31.8 Å². The highest BCUT2D eigenvalue weighted by atomic mass is 33.7. The Morgan fingerprint density at radius 1 is 0.650 bits per heavy atom. The summed E-state index contributed by atoms with van der Waals surface area (Å²) in [5.41, 5.74) is 6.39. The number of benzene rings is 2. The predicted molar refractivity (Wildman–Crippen MR) is 94.4 cm³/mol. The van der Waals surface area contributed by atoms with E-state index < -0.39 is 0 Å². The number of nitrogens with zero attached hydrogens (tertiary/aromatic N) is 2. The van der Waals surface area contributed by atoms with Crippen molar-refractivity contribution in [3.05, 3.63) is 59.6 Å². The molecule has 2 heterocycles. The highest BCUT2D eigenvalue weighted by Gasteiger charge is 2.23. The molecular formula is C14H10N2S4+2. The molecule has 0 radical (unpaired) electrons. The van der Waals surface area contributed by atoms with Crippen molar-refractivity contribution in [2.24, 2.45) is 0 Å². The highest BCUT2D eigenvalue weighted by Crippen LogP contribution is 2.55. The zero-order valence-electron chi connectivity index (χ0n) is 10.3. The van der Waals surface area contributed by atoms with Crippen LogP contribution in [0.15, 0.2) is 59.6 Å². The highest BCUT2D eigenvalue weighted by molar-refractivity contribution is 9.07. The monoisotopic (exact) mass is 334 g/mol. The topological polar surface area (TPSA) is 25.8 Å². The van der Waals surface area contributed by atoms with E-state index in [1.165, 1.54) is 9.40 Å². The number of fused-ring (bicyclic) bond motifs is 2. The summed E-state index contributed by atoms with van der Waals surface area (Å²) in [6.45, 7) is 0. The van der Waals surface area contributed by atoms with Crippen LogP contribution in [-0.2, 0) is 0 Å². The van der Waals surface area contributed by atoms with Crippen LogP contribution in [0.2, 0.25) is 0 Å². The molecule has 0 spiro atoms. The molecular weight excluding hydrogens is 324 g/mol. The molecule has 0 amide bonds. The Balaban J connectivity index is 1.64. The Bertz CT molecular complexity index is 807. The van der Waals surface area contributed by atoms with Crippen molar-refractivity contribution >= 4 is 59.1 Å². The van der Waals surface area contributed by atoms with Crippen LogP contribution in [0.4, 0.5) is 0 Å². The van der Waals surface area contributed by atoms with Gasteiger partial charge < -0.3 is 0 Å². The molecule has 0 N–H and O–H groups in total. The van der Waals surface area contributed by atoms with E-state index in [0.29, 0.717) is 0 Å². The van der Waals surface area contributed by atoms with Crippen LogP contribution >= 0.6 is 38.7 Å². The fourth-order valence-corrected chi connectivity index (χ4v) is 12.4. The standard InChI is InChI=1S/C14H10N2S4/c1-3-7-13-11(5-1)15-9-19(13)17-18-20-10-16-12-6-2-4-8-14(12)20/h1-10H/q+2. The number of aromatic nitrogens is 2. The zero-order chi connectivity index (χ0) is 13.4. The molecule has 4 aromatic rings. The van der Waals surface area contributed by atoms with E-state index in [-0.39, 0.29) is 19.0 Å². The molecule has 98 valence electrons. The van der Waals surface area contributed by atoms with Gasteiger partial charge in [-0.15, -0.1) is 0 Å². The van der Waals surface area contributed by atoms with Gasteiger partial charge in [-0.2, -0.15) is 9.97 Å². The Kier molecular flexibility index (Phi) is 3.39. The van der Waals surface area contributed by atoms with Gasteiger partial charge in [0.05, 0.1) is 19.0 Å². The molecule has 0 bridgehead atoms. The molecule has 2 nitrogen and oxygen atoms in total. The van der Waals surface area contributed by atoms with Crippen molar-refractivity contribution < 1.29 is 0 Å². The lowest BCUT2D eigenvalue weighted by Gasteiger charge is -1.83. The number of hydrogen-bond donors (Lipinski definition) is 0. The van der Waals surface area contributed by atoms with Crippen LogP contribution in [0.1, 0.15) is 0 Å². The molecule has 0 aliphatic rings. The maximum Gasteiger partial charge on any atom is 0.255 e. The number of hydrogen-bond acceptors (Lipinski definition) is 4. The minimum atomic E-state index is 0.0582. The van der Waals surface area contributed by atoms with Crippen molar-refractivity contribution in [2.45, 2.75) is 0 Å². The number of rotatable bonds is 3. The molecule has 4 rings (SSSR count). The van der Waals surface area contributed by atoms with Gasteiger partial charge in [0.1, 0.15) is 11.0 Å². The first-order valence-electron chi connectivity index (χ1n) is 6.00. The van der Waals surface area contributed by atoms with E-state index in [2.05, 4.69) is 57.4 Å². The summed E-state index contributed by atoms with van der Waals surface area (Å²) in [6.07, 6.45) is 0. The molecule has 6 heteroatoms. The van der Waals surface area contributed by atoms with E-state index in [1.54, 1.807) is 0 Å². The quantitative estimate of drug-likeness (QED) is 0.345. The van der Waals surface area contributed by atoms with Gasteiger partial charge in [-0.25, -0.2) is 0 Å². The van der Waals surface area contributed by atoms with Crippen LogP contribution in [0.5, 0.6) is 0 Å². The summed E-state index contributed by atoms with van der Waals surface area (Å²) >= 11 is 0. The van der Waals surface area contributed by atoms with E-state index >= 15 is 0 Å². The maximum absolute atomic E-state index is 4.49. The van der Waals surface area contributed by atoms with Gasteiger partial charge in [-0.1, -0.05) is 24.3 Å². The molecule has 0 saturated carbocycles. The summed E-state index contributed by atoms with van der Waals surface area (Å²) in [6, 6.07) is 16.8. The van der Waals surface area contributed by atoms with Crippen molar-refractivity contribution in [2.75, 3.05) is 0 Å². The van der Waals surface area contributed by atoms with Crippen molar-refractivity contribution in [1.82, 2.24) is 9.97 Å². The minimum absolute atomic E-state index is 0.0582. The SMILES string of the molecule is c1ccc2c(c1)nc[s+]2SS[s+]1cnc2ccccc21. The second-order valence-electron chi connectivity index (χ2n) is 4.14. The largest absolute Gasteiger partial charge is 0.255 e. The third-order valence-corrected chi connectivity index (χ3v) is 12.7. The molecule has 0 saturated heterocycles. The molecule has 2 aromatic carbocycles. The van der Waals surface area contributed by atoms with Crippen LogP contribution in [0, 0.1) is 0 Å². The summed E-state index contributed by atoms with van der Waals surface area (Å²) < 4.78 is 2.69. The lowest BCUT2D eigenvalue weighted by molar-refractivity contribution is 1.50. The maximum atomic E-state index is 4.49. The summed E-state index contributed by atoms with van der Waals surface area (Å²) in [4.78, 5) is 8.99. The van der Waals surface area contributed by atoms with Gasteiger partial charge in [0.2, 0.25) is 20.4 Å². The van der Waals surface area contributed by atoms with Gasteiger partial charge in [0, 0.05) is 12.1 Å². The van der Waals surface area contributed by atoms with Gasteiger partial charge in [-0.05, 0) is 12.1 Å². The Hall–Kier alpha value is -1.08.